The number of hydrogen-bond donors (Lipinski definition) is 2. The Kier molecular flexibility index (Phi) is 7.78. The second kappa shape index (κ2) is 11.5. The Morgan fingerprint density at radius 1 is 1.00 bits per heavy atom. The number of carbonyl (C=O) groups excluding carboxylic acids is 1. The number of methoxy groups -OCH3 is 1. The van der Waals surface area contributed by atoms with Crippen molar-refractivity contribution >= 4 is 23.3 Å². The fourth-order valence-corrected chi connectivity index (χ4v) is 6.48. The molecule has 0 radical (unpaired) electrons. The number of benzene rings is 3. The van der Waals surface area contributed by atoms with E-state index in [4.69, 9.17) is 28.5 Å². The summed E-state index contributed by atoms with van der Waals surface area (Å²) in [6.45, 7) is 3.93. The number of thioether (sulfide) groups is 1. The molecule has 2 N–H and O–H groups in total. The van der Waals surface area contributed by atoms with E-state index in [0.717, 1.165) is 10.5 Å². The van der Waals surface area contributed by atoms with Crippen LogP contribution >= 0.6 is 11.8 Å². The second-order valence-corrected chi connectivity index (χ2v) is 11.4. The van der Waals surface area contributed by atoms with Crippen molar-refractivity contribution < 1.29 is 38.4 Å². The van der Waals surface area contributed by atoms with Crippen LogP contribution in [-0.4, -0.2) is 55.1 Å². The number of ether oxygens (including phenoxy) is 5. The average Bonchev–Trinajstić information content (AvgIpc) is 3.58. The standard InChI is InChI=1S/C31H31NO8S/c1-31(2)39-27-25(32-38-16-18-10-6-4-7-11-18)24(20-14-22-23(37-17-36-22)15-21(20)30(34)35-3)29(26(33)28(27)40-31)41-19-12-8-5-9-13-19/h4-15,25-28,32-33H,16-17H2,1-3H3/t25-,26-,27+,28-/m1/s1. The average molecular weight is 578 g/mol. The van der Waals surface area contributed by atoms with Gasteiger partial charge in [-0.3, -0.25) is 4.84 Å². The third kappa shape index (κ3) is 5.59. The summed E-state index contributed by atoms with van der Waals surface area (Å²) in [5.41, 5.74) is 5.55. The minimum absolute atomic E-state index is 0.0321. The van der Waals surface area contributed by atoms with Gasteiger partial charge in [0.1, 0.15) is 18.3 Å². The van der Waals surface area contributed by atoms with Gasteiger partial charge in [0.05, 0.1) is 25.3 Å². The third-order valence-corrected chi connectivity index (χ3v) is 8.31. The summed E-state index contributed by atoms with van der Waals surface area (Å²) in [4.78, 5) is 20.7. The Bertz CT molecular complexity index is 1450. The maximum Gasteiger partial charge on any atom is 0.338 e. The van der Waals surface area contributed by atoms with Gasteiger partial charge in [0, 0.05) is 9.80 Å². The number of aliphatic hydroxyl groups is 1. The van der Waals surface area contributed by atoms with Crippen LogP contribution in [-0.2, 0) is 25.7 Å². The number of nitrogens with one attached hydrogen (secondary N) is 1. The maximum absolute atomic E-state index is 13.1. The van der Waals surface area contributed by atoms with Crippen LogP contribution in [0.5, 0.6) is 11.5 Å². The highest BCUT2D eigenvalue weighted by Gasteiger charge is 2.54. The zero-order valence-corrected chi connectivity index (χ0v) is 23.7. The fraction of sp³-hybridized carbons (Fsp3) is 0.323. The number of rotatable bonds is 8. The molecule has 0 unspecified atom stereocenters. The molecule has 4 atom stereocenters. The molecule has 214 valence electrons. The van der Waals surface area contributed by atoms with Crippen molar-refractivity contribution in [1.29, 1.82) is 0 Å². The molecule has 0 amide bonds. The van der Waals surface area contributed by atoms with Crippen LogP contribution in [0, 0.1) is 0 Å². The van der Waals surface area contributed by atoms with Crippen LogP contribution in [0.2, 0.25) is 0 Å². The summed E-state index contributed by atoms with van der Waals surface area (Å²) >= 11 is 1.39. The molecule has 1 fully saturated rings. The molecular weight excluding hydrogens is 546 g/mol. The van der Waals surface area contributed by atoms with Crippen molar-refractivity contribution in [2.75, 3.05) is 13.9 Å². The Hall–Kier alpha value is -3.38. The molecule has 9 nitrogen and oxygen atoms in total. The normalized spacial score (nSPS) is 24.3. The summed E-state index contributed by atoms with van der Waals surface area (Å²) in [5.74, 6) is -0.603. The molecule has 3 aromatic rings. The van der Waals surface area contributed by atoms with Crippen molar-refractivity contribution in [3.8, 4) is 11.5 Å². The first-order valence-electron chi connectivity index (χ1n) is 13.3. The van der Waals surface area contributed by atoms with Crippen LogP contribution in [0.25, 0.3) is 5.57 Å². The van der Waals surface area contributed by atoms with Crippen molar-refractivity contribution in [3.63, 3.8) is 0 Å². The van der Waals surface area contributed by atoms with Gasteiger partial charge in [-0.2, -0.15) is 5.48 Å². The predicted octanol–water partition coefficient (Wildman–Crippen LogP) is 4.69. The highest BCUT2D eigenvalue weighted by Crippen LogP contribution is 2.50. The molecule has 2 heterocycles. The molecule has 41 heavy (non-hydrogen) atoms. The first-order chi connectivity index (χ1) is 19.8. The molecule has 6 rings (SSSR count). The first-order valence-corrected chi connectivity index (χ1v) is 14.1. The van der Waals surface area contributed by atoms with E-state index in [1.165, 1.54) is 18.9 Å². The summed E-state index contributed by atoms with van der Waals surface area (Å²) in [7, 11) is 1.33. The quantitative estimate of drug-likeness (QED) is 0.289. The summed E-state index contributed by atoms with van der Waals surface area (Å²) in [6.07, 6.45) is -2.42. The summed E-state index contributed by atoms with van der Waals surface area (Å²) in [5, 5.41) is 11.8. The van der Waals surface area contributed by atoms with Gasteiger partial charge in [-0.15, -0.1) is 0 Å². The van der Waals surface area contributed by atoms with E-state index in [9.17, 15) is 9.90 Å². The molecule has 3 aliphatic rings. The molecule has 3 aromatic carbocycles. The lowest BCUT2D eigenvalue weighted by Crippen LogP contribution is -2.53. The highest BCUT2D eigenvalue weighted by atomic mass is 32.2. The Morgan fingerprint density at radius 3 is 2.37 bits per heavy atom. The van der Waals surface area contributed by atoms with E-state index >= 15 is 0 Å². The largest absolute Gasteiger partial charge is 0.465 e. The smallest absolute Gasteiger partial charge is 0.338 e. The van der Waals surface area contributed by atoms with Crippen LogP contribution in [0.3, 0.4) is 0 Å². The number of fused-ring (bicyclic) bond motifs is 2. The van der Waals surface area contributed by atoms with E-state index < -0.39 is 36.1 Å². The van der Waals surface area contributed by atoms with E-state index in [1.807, 2.05) is 74.5 Å². The van der Waals surface area contributed by atoms with Crippen LogP contribution in [0.4, 0.5) is 0 Å². The molecule has 1 saturated heterocycles. The molecule has 1 aliphatic carbocycles. The number of carbonyl (C=O) groups is 1. The Morgan fingerprint density at radius 2 is 1.66 bits per heavy atom. The highest BCUT2D eigenvalue weighted by molar-refractivity contribution is 8.03. The molecule has 0 saturated carbocycles. The topological polar surface area (TPSA) is 105 Å². The molecule has 2 aliphatic heterocycles. The van der Waals surface area contributed by atoms with Crippen molar-refractivity contribution in [2.24, 2.45) is 0 Å². The number of hydroxylamine groups is 1. The lowest BCUT2D eigenvalue weighted by atomic mass is 9.82. The van der Waals surface area contributed by atoms with Gasteiger partial charge < -0.3 is 28.8 Å². The van der Waals surface area contributed by atoms with Crippen molar-refractivity contribution in [3.05, 3.63) is 94.4 Å². The van der Waals surface area contributed by atoms with Gasteiger partial charge in [-0.25, -0.2) is 4.79 Å². The minimum Gasteiger partial charge on any atom is -0.465 e. The van der Waals surface area contributed by atoms with Gasteiger partial charge in [0.2, 0.25) is 6.79 Å². The number of hydrogen-bond acceptors (Lipinski definition) is 10. The summed E-state index contributed by atoms with van der Waals surface area (Å²) in [6, 6.07) is 22.2. The van der Waals surface area contributed by atoms with E-state index in [-0.39, 0.29) is 19.0 Å². The molecule has 10 heteroatoms. The van der Waals surface area contributed by atoms with Crippen LogP contribution < -0.4 is 15.0 Å². The SMILES string of the molecule is COC(=O)c1cc2c(cc1C1=C(Sc3ccccc3)[C@H](O)[C@H]3OC(C)(C)O[C@H]3[C@@H]1NOCc1ccccc1)OCO2. The Labute approximate surface area is 242 Å². The monoisotopic (exact) mass is 577 g/mol. The Balaban J connectivity index is 1.51. The van der Waals surface area contributed by atoms with Gasteiger partial charge in [-0.05, 0) is 54.8 Å². The minimum atomic E-state index is -1.06. The van der Waals surface area contributed by atoms with Gasteiger partial charge >= 0.3 is 5.97 Å². The molecule has 0 spiro atoms. The third-order valence-electron chi connectivity index (χ3n) is 7.12. The van der Waals surface area contributed by atoms with Crippen LogP contribution in [0.15, 0.2) is 82.6 Å². The molecule has 0 bridgehead atoms. The van der Waals surface area contributed by atoms with E-state index in [1.54, 1.807) is 12.1 Å². The lowest BCUT2D eigenvalue weighted by Gasteiger charge is -2.39. The lowest BCUT2D eigenvalue weighted by molar-refractivity contribution is -0.154. The number of aliphatic hydroxyl groups excluding tert-OH is 1. The second-order valence-electron chi connectivity index (χ2n) is 10.3. The van der Waals surface area contributed by atoms with E-state index in [2.05, 4.69) is 5.48 Å². The summed E-state index contributed by atoms with van der Waals surface area (Å²) < 4.78 is 29.0. The van der Waals surface area contributed by atoms with Crippen molar-refractivity contribution in [2.45, 2.75) is 55.5 Å². The van der Waals surface area contributed by atoms with Gasteiger partial charge in [-0.1, -0.05) is 60.3 Å². The fourth-order valence-electron chi connectivity index (χ4n) is 5.33. The predicted molar refractivity (Wildman–Crippen MR) is 151 cm³/mol. The zero-order chi connectivity index (χ0) is 28.6. The molecular formula is C31H31NO8S. The van der Waals surface area contributed by atoms with Gasteiger partial charge in [0.15, 0.2) is 17.3 Å². The maximum atomic E-state index is 13.1. The van der Waals surface area contributed by atoms with Gasteiger partial charge in [0.25, 0.3) is 0 Å². The van der Waals surface area contributed by atoms with Crippen LogP contribution in [0.1, 0.15) is 35.3 Å². The zero-order valence-electron chi connectivity index (χ0n) is 22.9. The molecule has 0 aromatic heterocycles. The van der Waals surface area contributed by atoms with E-state index in [0.29, 0.717) is 27.5 Å². The first kappa shape index (κ1) is 27.8. The van der Waals surface area contributed by atoms with Crippen molar-refractivity contribution in [1.82, 2.24) is 5.48 Å². The number of esters is 1.